The van der Waals surface area contributed by atoms with E-state index >= 15 is 0 Å². The molecular formula is C18H24N8O4. The molecule has 0 bridgehead atoms. The molecule has 0 radical (unpaired) electrons. The lowest BCUT2D eigenvalue weighted by atomic mass is 10.2. The summed E-state index contributed by atoms with van der Waals surface area (Å²) >= 11 is 0. The summed E-state index contributed by atoms with van der Waals surface area (Å²) in [4.78, 5) is 67.9. The molecule has 12 heteroatoms. The van der Waals surface area contributed by atoms with Crippen molar-refractivity contribution in [2.75, 3.05) is 0 Å². The Morgan fingerprint density at radius 1 is 0.600 bits per heavy atom. The fraction of sp³-hybridized carbons (Fsp3) is 0.444. The molecule has 0 amide bonds. The number of aromatic nitrogens is 8. The average molecular weight is 416 g/mol. The summed E-state index contributed by atoms with van der Waals surface area (Å²) in [6, 6.07) is 0. The van der Waals surface area contributed by atoms with Gasteiger partial charge in [-0.1, -0.05) is 26.7 Å². The maximum absolute atomic E-state index is 11.3. The van der Waals surface area contributed by atoms with Crippen LogP contribution in [0.5, 0.6) is 0 Å². The number of imidazole rings is 2. The third kappa shape index (κ3) is 4.82. The van der Waals surface area contributed by atoms with E-state index in [1.807, 2.05) is 0 Å². The first-order chi connectivity index (χ1) is 14.4. The van der Waals surface area contributed by atoms with Crippen molar-refractivity contribution in [3.05, 3.63) is 53.3 Å². The van der Waals surface area contributed by atoms with Crippen molar-refractivity contribution >= 4 is 22.3 Å². The fourth-order valence-electron chi connectivity index (χ4n) is 2.89. The Balaban J connectivity index is 0.000000171. The van der Waals surface area contributed by atoms with E-state index in [1.54, 1.807) is 0 Å². The zero-order chi connectivity index (χ0) is 21.7. The van der Waals surface area contributed by atoms with Gasteiger partial charge < -0.3 is 9.97 Å². The molecule has 30 heavy (non-hydrogen) atoms. The molecule has 0 aliphatic heterocycles. The van der Waals surface area contributed by atoms with Crippen molar-refractivity contribution in [3.63, 3.8) is 0 Å². The van der Waals surface area contributed by atoms with Crippen molar-refractivity contribution < 1.29 is 0 Å². The minimum Gasteiger partial charge on any atom is -0.336 e. The van der Waals surface area contributed by atoms with Gasteiger partial charge in [-0.15, -0.1) is 0 Å². The normalized spacial score (nSPS) is 11.0. The van der Waals surface area contributed by atoms with E-state index in [-0.39, 0.29) is 0 Å². The van der Waals surface area contributed by atoms with Crippen LogP contribution < -0.4 is 22.5 Å². The van der Waals surface area contributed by atoms with Crippen LogP contribution in [0.1, 0.15) is 51.2 Å². The molecule has 4 aromatic heterocycles. The minimum atomic E-state index is -0.527. The molecule has 4 rings (SSSR count). The van der Waals surface area contributed by atoms with Crippen LogP contribution in [-0.4, -0.2) is 39.9 Å². The topological polar surface area (TPSA) is 189 Å². The maximum Gasteiger partial charge on any atom is 0.327 e. The second-order valence-corrected chi connectivity index (χ2v) is 6.84. The van der Waals surface area contributed by atoms with E-state index in [9.17, 15) is 19.2 Å². The molecule has 0 saturated carbocycles. The smallest absolute Gasteiger partial charge is 0.327 e. The number of nitrogens with zero attached hydrogens (tertiary/aromatic N) is 2. The van der Waals surface area contributed by atoms with E-state index < -0.39 is 22.5 Å². The third-order valence-corrected chi connectivity index (χ3v) is 4.41. The molecule has 4 heterocycles. The Morgan fingerprint density at radius 2 is 1.00 bits per heavy atom. The average Bonchev–Trinajstić information content (AvgIpc) is 3.29. The standard InChI is InChI=1S/2C9H12N4O2/c2*1-2-3-4-5-10-6-7(11-5)12-9(15)13-8(6)14/h2*2-4H2,1H3,(H3,10,11,12,13,14,15). The fourth-order valence-corrected chi connectivity index (χ4v) is 2.89. The Kier molecular flexibility index (Phi) is 6.45. The molecule has 0 atom stereocenters. The van der Waals surface area contributed by atoms with Crippen LogP contribution in [0.4, 0.5) is 0 Å². The lowest BCUT2D eigenvalue weighted by molar-refractivity contribution is 0.764. The molecule has 0 aliphatic rings. The third-order valence-electron chi connectivity index (χ3n) is 4.41. The molecule has 0 unspecified atom stereocenters. The van der Waals surface area contributed by atoms with Gasteiger partial charge in [0.1, 0.15) is 22.7 Å². The first kappa shape index (κ1) is 21.0. The highest BCUT2D eigenvalue weighted by molar-refractivity contribution is 5.69. The van der Waals surface area contributed by atoms with Crippen LogP contribution in [0, 0.1) is 0 Å². The summed E-state index contributed by atoms with van der Waals surface area (Å²) in [5, 5.41) is 0. The molecule has 4 aromatic rings. The highest BCUT2D eigenvalue weighted by Crippen LogP contribution is 2.05. The zero-order valence-corrected chi connectivity index (χ0v) is 16.8. The number of hydrogen-bond acceptors (Lipinski definition) is 6. The second kappa shape index (κ2) is 9.20. The number of nitrogens with one attached hydrogen (secondary N) is 6. The Morgan fingerprint density at radius 3 is 1.37 bits per heavy atom. The van der Waals surface area contributed by atoms with Crippen LogP contribution in [0.15, 0.2) is 19.2 Å². The highest BCUT2D eigenvalue weighted by atomic mass is 16.2. The van der Waals surface area contributed by atoms with Gasteiger partial charge in [-0.2, -0.15) is 0 Å². The van der Waals surface area contributed by atoms with Gasteiger partial charge in [0.05, 0.1) is 0 Å². The first-order valence-electron chi connectivity index (χ1n) is 9.83. The number of aromatic amines is 6. The van der Waals surface area contributed by atoms with Crippen molar-refractivity contribution in [2.24, 2.45) is 0 Å². The van der Waals surface area contributed by atoms with Crippen molar-refractivity contribution in [3.8, 4) is 0 Å². The molecule has 0 aromatic carbocycles. The summed E-state index contributed by atoms with van der Waals surface area (Å²) in [6.07, 6.45) is 5.69. The molecule has 0 fully saturated rings. The summed E-state index contributed by atoms with van der Waals surface area (Å²) < 4.78 is 0. The summed E-state index contributed by atoms with van der Waals surface area (Å²) in [7, 11) is 0. The van der Waals surface area contributed by atoms with Crippen LogP contribution in [0.2, 0.25) is 0 Å². The Bertz CT molecular complexity index is 1260. The van der Waals surface area contributed by atoms with Gasteiger partial charge in [0.2, 0.25) is 0 Å². The minimum absolute atomic E-state index is 0.329. The lowest BCUT2D eigenvalue weighted by Gasteiger charge is -1.90. The van der Waals surface area contributed by atoms with Crippen LogP contribution in [0.25, 0.3) is 22.3 Å². The van der Waals surface area contributed by atoms with E-state index in [2.05, 4.69) is 53.7 Å². The summed E-state index contributed by atoms with van der Waals surface area (Å²) in [5.74, 6) is 1.47. The lowest BCUT2D eigenvalue weighted by Crippen LogP contribution is -2.21. The van der Waals surface area contributed by atoms with Gasteiger partial charge >= 0.3 is 11.4 Å². The van der Waals surface area contributed by atoms with Crippen LogP contribution >= 0.6 is 0 Å². The van der Waals surface area contributed by atoms with Crippen LogP contribution in [-0.2, 0) is 12.8 Å². The van der Waals surface area contributed by atoms with E-state index in [0.29, 0.717) is 22.3 Å². The number of hydrogen-bond donors (Lipinski definition) is 6. The number of H-pyrrole nitrogens is 6. The maximum atomic E-state index is 11.3. The molecule has 6 N–H and O–H groups in total. The van der Waals surface area contributed by atoms with E-state index in [1.165, 1.54) is 0 Å². The first-order valence-corrected chi connectivity index (χ1v) is 9.83. The second-order valence-electron chi connectivity index (χ2n) is 6.84. The zero-order valence-electron chi connectivity index (χ0n) is 16.8. The SMILES string of the molecule is CCCCc1nc2[nH]c(=O)[nH]c(=O)c2[nH]1.CCCCc1nc2[nH]c(=O)[nH]c(=O)c2[nH]1. The predicted molar refractivity (Wildman–Crippen MR) is 112 cm³/mol. The summed E-state index contributed by atoms with van der Waals surface area (Å²) in [6.45, 7) is 4.16. The molecule has 160 valence electrons. The van der Waals surface area contributed by atoms with Gasteiger partial charge in [0.15, 0.2) is 11.3 Å². The number of unbranched alkanes of at least 4 members (excludes halogenated alkanes) is 2. The molecule has 0 spiro atoms. The molecule has 0 aliphatic carbocycles. The quantitative estimate of drug-likeness (QED) is 0.266. The van der Waals surface area contributed by atoms with E-state index in [4.69, 9.17) is 0 Å². The molecule has 12 nitrogen and oxygen atoms in total. The van der Waals surface area contributed by atoms with Gasteiger partial charge in [-0.25, -0.2) is 19.6 Å². The summed E-state index contributed by atoms with van der Waals surface area (Å²) in [5.41, 5.74) is -0.582. The van der Waals surface area contributed by atoms with Gasteiger partial charge in [0, 0.05) is 12.8 Å². The number of rotatable bonds is 6. The molecule has 0 saturated heterocycles. The van der Waals surface area contributed by atoms with Crippen molar-refractivity contribution in [1.29, 1.82) is 0 Å². The molecular weight excluding hydrogens is 392 g/mol. The van der Waals surface area contributed by atoms with Crippen LogP contribution in [0.3, 0.4) is 0 Å². The van der Waals surface area contributed by atoms with E-state index in [0.717, 1.165) is 50.2 Å². The Labute approximate surface area is 168 Å². The number of fused-ring (bicyclic) bond motifs is 2. The van der Waals surface area contributed by atoms with Gasteiger partial charge in [-0.3, -0.25) is 29.5 Å². The van der Waals surface area contributed by atoms with Gasteiger partial charge in [-0.05, 0) is 12.8 Å². The predicted octanol–water partition coefficient (Wildman–Crippen LogP) is 0.564. The number of aryl methyl sites for hydroxylation is 2. The van der Waals surface area contributed by atoms with Crippen molar-refractivity contribution in [1.82, 2.24) is 39.9 Å². The largest absolute Gasteiger partial charge is 0.336 e. The van der Waals surface area contributed by atoms with Crippen molar-refractivity contribution in [2.45, 2.75) is 52.4 Å². The highest BCUT2D eigenvalue weighted by Gasteiger charge is 2.07. The monoisotopic (exact) mass is 416 g/mol. The van der Waals surface area contributed by atoms with Gasteiger partial charge in [0.25, 0.3) is 11.1 Å². The Hall–Kier alpha value is -3.70.